The second kappa shape index (κ2) is 6.58. The maximum absolute atomic E-state index is 12.0. The van der Waals surface area contributed by atoms with E-state index in [9.17, 15) is 4.79 Å². The normalized spacial score (nSPS) is 10.5. The Balaban J connectivity index is 1.61. The van der Waals surface area contributed by atoms with E-state index in [-0.39, 0.29) is 18.3 Å². The van der Waals surface area contributed by atoms with Gasteiger partial charge in [-0.2, -0.15) is 5.10 Å². The minimum atomic E-state index is -0.368. The molecule has 2 heterocycles. The summed E-state index contributed by atoms with van der Waals surface area (Å²) in [6, 6.07) is 12.1. The predicted molar refractivity (Wildman–Crippen MR) is 85.7 cm³/mol. The van der Waals surface area contributed by atoms with Crippen LogP contribution in [-0.4, -0.2) is 15.7 Å². The number of amides is 1. The van der Waals surface area contributed by atoms with E-state index in [1.165, 1.54) is 0 Å². The SMILES string of the molecule is Cn1ccc(NC(=O)c2ccc(COc3ccccc3Cl)o2)n1. The average molecular weight is 332 g/mol. The first-order valence-corrected chi connectivity index (χ1v) is 7.26. The van der Waals surface area contributed by atoms with Crippen LogP contribution >= 0.6 is 11.6 Å². The quantitative estimate of drug-likeness (QED) is 0.777. The van der Waals surface area contributed by atoms with Crippen molar-refractivity contribution in [2.45, 2.75) is 6.61 Å². The number of hydrogen-bond donors (Lipinski definition) is 1. The smallest absolute Gasteiger partial charge is 0.292 e. The van der Waals surface area contributed by atoms with Crippen molar-refractivity contribution in [2.75, 3.05) is 5.32 Å². The first-order valence-electron chi connectivity index (χ1n) is 6.89. The lowest BCUT2D eigenvalue weighted by Crippen LogP contribution is -2.11. The summed E-state index contributed by atoms with van der Waals surface area (Å²) in [5.41, 5.74) is 0. The van der Waals surface area contributed by atoms with Crippen molar-refractivity contribution in [3.63, 3.8) is 0 Å². The summed E-state index contributed by atoms with van der Waals surface area (Å²) in [6.45, 7) is 0.181. The van der Waals surface area contributed by atoms with Crippen molar-refractivity contribution in [3.8, 4) is 5.75 Å². The van der Waals surface area contributed by atoms with Crippen LogP contribution in [0.15, 0.2) is 53.1 Å². The highest BCUT2D eigenvalue weighted by atomic mass is 35.5. The van der Waals surface area contributed by atoms with Gasteiger partial charge in [0, 0.05) is 19.3 Å². The lowest BCUT2D eigenvalue weighted by Gasteiger charge is -2.05. The minimum Gasteiger partial charge on any atom is -0.484 e. The Labute approximate surface area is 137 Å². The predicted octanol–water partition coefficient (Wildman–Crippen LogP) is 3.50. The molecule has 1 aromatic carbocycles. The van der Waals surface area contributed by atoms with E-state index in [4.69, 9.17) is 20.8 Å². The molecule has 0 saturated heterocycles. The lowest BCUT2D eigenvalue weighted by atomic mass is 10.3. The number of nitrogens with zero attached hydrogens (tertiary/aromatic N) is 2. The molecule has 0 aliphatic rings. The van der Waals surface area contributed by atoms with Crippen LogP contribution in [0.5, 0.6) is 5.75 Å². The van der Waals surface area contributed by atoms with E-state index < -0.39 is 0 Å². The molecule has 0 saturated carbocycles. The number of furan rings is 1. The minimum absolute atomic E-state index is 0.181. The van der Waals surface area contributed by atoms with E-state index in [0.29, 0.717) is 22.4 Å². The van der Waals surface area contributed by atoms with Gasteiger partial charge in [0.25, 0.3) is 5.91 Å². The molecule has 3 rings (SSSR count). The number of hydrogen-bond acceptors (Lipinski definition) is 4. The summed E-state index contributed by atoms with van der Waals surface area (Å²) in [7, 11) is 1.77. The summed E-state index contributed by atoms with van der Waals surface area (Å²) in [5.74, 6) is 1.37. The zero-order chi connectivity index (χ0) is 16.2. The zero-order valence-electron chi connectivity index (χ0n) is 12.3. The third-order valence-electron chi connectivity index (χ3n) is 3.05. The largest absolute Gasteiger partial charge is 0.484 e. The van der Waals surface area contributed by atoms with Gasteiger partial charge in [-0.25, -0.2) is 0 Å². The molecule has 1 amide bonds. The van der Waals surface area contributed by atoms with Crippen LogP contribution in [0, 0.1) is 0 Å². The Morgan fingerprint density at radius 1 is 1.30 bits per heavy atom. The molecule has 3 aromatic rings. The molecule has 0 radical (unpaired) electrons. The van der Waals surface area contributed by atoms with E-state index >= 15 is 0 Å². The topological polar surface area (TPSA) is 69.3 Å². The number of anilines is 1. The van der Waals surface area contributed by atoms with Crippen LogP contribution in [0.4, 0.5) is 5.82 Å². The fraction of sp³-hybridized carbons (Fsp3) is 0.125. The van der Waals surface area contributed by atoms with Gasteiger partial charge in [0.05, 0.1) is 5.02 Å². The maximum atomic E-state index is 12.0. The number of aryl methyl sites for hydroxylation is 1. The van der Waals surface area contributed by atoms with Crippen LogP contribution in [-0.2, 0) is 13.7 Å². The van der Waals surface area contributed by atoms with Gasteiger partial charge in [-0.3, -0.25) is 9.48 Å². The Morgan fingerprint density at radius 2 is 2.13 bits per heavy atom. The van der Waals surface area contributed by atoms with Crippen molar-refractivity contribution in [1.82, 2.24) is 9.78 Å². The molecular weight excluding hydrogens is 318 g/mol. The molecule has 0 atom stereocenters. The van der Waals surface area contributed by atoms with E-state index in [2.05, 4.69) is 10.4 Å². The summed E-state index contributed by atoms with van der Waals surface area (Å²) in [6.07, 6.45) is 1.74. The summed E-state index contributed by atoms with van der Waals surface area (Å²) in [4.78, 5) is 12.0. The third-order valence-corrected chi connectivity index (χ3v) is 3.36. The summed E-state index contributed by atoms with van der Waals surface area (Å²) < 4.78 is 12.6. The molecule has 0 spiro atoms. The summed E-state index contributed by atoms with van der Waals surface area (Å²) >= 11 is 6.01. The first kappa shape index (κ1) is 15.2. The van der Waals surface area contributed by atoms with Crippen LogP contribution in [0.3, 0.4) is 0 Å². The monoisotopic (exact) mass is 331 g/mol. The van der Waals surface area contributed by atoms with Gasteiger partial charge >= 0.3 is 0 Å². The number of carbonyl (C=O) groups is 1. The highest BCUT2D eigenvalue weighted by Crippen LogP contribution is 2.24. The Kier molecular flexibility index (Phi) is 4.34. The van der Waals surface area contributed by atoms with E-state index in [0.717, 1.165) is 0 Å². The highest BCUT2D eigenvalue weighted by molar-refractivity contribution is 6.32. The fourth-order valence-corrected chi connectivity index (χ4v) is 2.14. The third kappa shape index (κ3) is 3.73. The van der Waals surface area contributed by atoms with Crippen LogP contribution < -0.4 is 10.1 Å². The molecule has 0 aliphatic carbocycles. The summed E-state index contributed by atoms with van der Waals surface area (Å²) in [5, 5.41) is 7.24. The Bertz CT molecular complexity index is 825. The van der Waals surface area contributed by atoms with Crippen LogP contribution in [0.2, 0.25) is 5.02 Å². The van der Waals surface area contributed by atoms with Gasteiger partial charge in [-0.1, -0.05) is 23.7 Å². The lowest BCUT2D eigenvalue weighted by molar-refractivity contribution is 0.0992. The van der Waals surface area contributed by atoms with Crippen molar-refractivity contribution in [1.29, 1.82) is 0 Å². The molecular formula is C16H14ClN3O3. The molecule has 6 nitrogen and oxygen atoms in total. The molecule has 1 N–H and O–H groups in total. The average Bonchev–Trinajstić information content (AvgIpc) is 3.16. The second-order valence-electron chi connectivity index (χ2n) is 4.81. The van der Waals surface area contributed by atoms with Crippen molar-refractivity contribution in [2.24, 2.45) is 7.05 Å². The molecule has 23 heavy (non-hydrogen) atoms. The molecule has 7 heteroatoms. The molecule has 2 aromatic heterocycles. The van der Waals surface area contributed by atoms with Crippen molar-refractivity contribution in [3.05, 3.63) is 65.2 Å². The maximum Gasteiger partial charge on any atom is 0.292 e. The number of ether oxygens (including phenoxy) is 1. The zero-order valence-corrected chi connectivity index (χ0v) is 13.1. The molecule has 0 bridgehead atoms. The molecule has 0 fully saturated rings. The Hall–Kier alpha value is -2.73. The van der Waals surface area contributed by atoms with Gasteiger partial charge in [-0.05, 0) is 24.3 Å². The number of aromatic nitrogens is 2. The van der Waals surface area contributed by atoms with Gasteiger partial charge in [-0.15, -0.1) is 0 Å². The fourth-order valence-electron chi connectivity index (χ4n) is 1.95. The Morgan fingerprint density at radius 3 is 2.87 bits per heavy atom. The number of rotatable bonds is 5. The van der Waals surface area contributed by atoms with Gasteiger partial charge in [0.1, 0.15) is 18.1 Å². The number of halogens is 1. The first-order chi connectivity index (χ1) is 11.1. The number of nitrogens with one attached hydrogen (secondary N) is 1. The van der Waals surface area contributed by atoms with Gasteiger partial charge < -0.3 is 14.5 Å². The highest BCUT2D eigenvalue weighted by Gasteiger charge is 2.13. The van der Waals surface area contributed by atoms with Gasteiger partial charge in [0.15, 0.2) is 11.6 Å². The van der Waals surface area contributed by atoms with Crippen LogP contribution in [0.25, 0.3) is 0 Å². The number of benzene rings is 1. The van der Waals surface area contributed by atoms with Gasteiger partial charge in [0.2, 0.25) is 0 Å². The van der Waals surface area contributed by atoms with Crippen LogP contribution in [0.1, 0.15) is 16.3 Å². The molecule has 0 unspecified atom stereocenters. The van der Waals surface area contributed by atoms with Crippen molar-refractivity contribution >= 4 is 23.3 Å². The van der Waals surface area contributed by atoms with E-state index in [1.807, 2.05) is 12.1 Å². The van der Waals surface area contributed by atoms with Crippen molar-refractivity contribution < 1.29 is 13.9 Å². The standard InChI is InChI=1S/C16H14ClN3O3/c1-20-9-8-15(19-20)18-16(21)14-7-6-11(23-14)10-22-13-5-3-2-4-12(13)17/h2-9H,10H2,1H3,(H,18,19,21). The molecule has 118 valence electrons. The molecule has 0 aliphatic heterocycles. The second-order valence-corrected chi connectivity index (χ2v) is 5.22. The number of para-hydroxylation sites is 1. The van der Waals surface area contributed by atoms with E-state index in [1.54, 1.807) is 48.3 Å². The number of carbonyl (C=O) groups excluding carboxylic acids is 1.